The molecule has 0 aromatic carbocycles. The van der Waals surface area contributed by atoms with Gasteiger partial charge >= 0.3 is 0 Å². The number of aromatic nitrogens is 3. The van der Waals surface area contributed by atoms with Crippen LogP contribution in [0.15, 0.2) is 12.4 Å². The van der Waals surface area contributed by atoms with Gasteiger partial charge in [-0.1, -0.05) is 19.1 Å². The van der Waals surface area contributed by atoms with Crippen LogP contribution in [0.1, 0.15) is 33.1 Å². The highest BCUT2D eigenvalue weighted by Gasteiger charge is 2.28. The SMILES string of the molecule is CC(C)NC1CCCN(CCCn2ccnn2)C1=O. The number of piperidine rings is 1. The van der Waals surface area contributed by atoms with E-state index in [1.807, 2.05) is 11.1 Å². The van der Waals surface area contributed by atoms with E-state index in [-0.39, 0.29) is 11.9 Å². The molecule has 1 N–H and O–H groups in total. The van der Waals surface area contributed by atoms with Gasteiger partial charge in [0.2, 0.25) is 5.91 Å². The van der Waals surface area contributed by atoms with Crippen molar-refractivity contribution in [2.45, 2.75) is 51.7 Å². The van der Waals surface area contributed by atoms with Crippen molar-refractivity contribution in [1.82, 2.24) is 25.2 Å². The Balaban J connectivity index is 1.77. The molecule has 106 valence electrons. The van der Waals surface area contributed by atoms with Crippen LogP contribution in [0, 0.1) is 0 Å². The smallest absolute Gasteiger partial charge is 0.239 e. The predicted octanol–water partition coefficient (Wildman–Crippen LogP) is 0.657. The maximum Gasteiger partial charge on any atom is 0.239 e. The molecule has 1 saturated heterocycles. The average Bonchev–Trinajstić information content (AvgIpc) is 2.86. The van der Waals surface area contributed by atoms with E-state index in [0.717, 1.165) is 38.9 Å². The van der Waals surface area contributed by atoms with Gasteiger partial charge in [-0.3, -0.25) is 9.48 Å². The Bertz CT molecular complexity index is 390. The van der Waals surface area contributed by atoms with Crippen molar-refractivity contribution in [3.05, 3.63) is 12.4 Å². The second-order valence-electron chi connectivity index (χ2n) is 5.36. The van der Waals surface area contributed by atoms with Gasteiger partial charge in [-0.25, -0.2) is 0 Å². The van der Waals surface area contributed by atoms with Crippen LogP contribution in [0.5, 0.6) is 0 Å². The topological polar surface area (TPSA) is 63.1 Å². The van der Waals surface area contributed by atoms with E-state index < -0.39 is 0 Å². The van der Waals surface area contributed by atoms with Gasteiger partial charge in [0.05, 0.1) is 12.2 Å². The van der Waals surface area contributed by atoms with Crippen LogP contribution in [-0.2, 0) is 11.3 Å². The number of rotatable bonds is 6. The number of hydrogen-bond acceptors (Lipinski definition) is 4. The number of aryl methyl sites for hydroxylation is 1. The zero-order valence-electron chi connectivity index (χ0n) is 11.7. The molecule has 0 aliphatic carbocycles. The first-order valence-electron chi connectivity index (χ1n) is 7.06. The first-order chi connectivity index (χ1) is 9.16. The van der Waals surface area contributed by atoms with E-state index >= 15 is 0 Å². The molecule has 0 bridgehead atoms. The lowest BCUT2D eigenvalue weighted by molar-refractivity contribution is -0.136. The molecule has 0 spiro atoms. The monoisotopic (exact) mass is 265 g/mol. The first kappa shape index (κ1) is 14.0. The third-order valence-electron chi connectivity index (χ3n) is 3.35. The molecule has 1 aliphatic heterocycles. The third-order valence-corrected chi connectivity index (χ3v) is 3.35. The van der Waals surface area contributed by atoms with Crippen LogP contribution in [0.3, 0.4) is 0 Å². The molecule has 2 rings (SSSR count). The minimum absolute atomic E-state index is 0.000111. The summed E-state index contributed by atoms with van der Waals surface area (Å²) in [4.78, 5) is 14.3. The van der Waals surface area contributed by atoms with Crippen molar-refractivity contribution in [2.24, 2.45) is 0 Å². The number of nitrogens with one attached hydrogen (secondary N) is 1. The number of carbonyl (C=O) groups is 1. The normalized spacial score (nSPS) is 20.3. The molecule has 1 aromatic heterocycles. The Labute approximate surface area is 114 Å². The van der Waals surface area contributed by atoms with E-state index in [9.17, 15) is 4.79 Å². The van der Waals surface area contributed by atoms with Gasteiger partial charge in [-0.15, -0.1) is 5.10 Å². The van der Waals surface area contributed by atoms with Crippen molar-refractivity contribution in [3.63, 3.8) is 0 Å². The van der Waals surface area contributed by atoms with E-state index in [1.165, 1.54) is 0 Å². The molecule has 2 heterocycles. The molecular weight excluding hydrogens is 242 g/mol. The second kappa shape index (κ2) is 6.65. The molecule has 1 aromatic rings. The van der Waals surface area contributed by atoms with E-state index in [4.69, 9.17) is 0 Å². The fourth-order valence-corrected chi connectivity index (χ4v) is 2.49. The maximum atomic E-state index is 12.3. The van der Waals surface area contributed by atoms with Crippen molar-refractivity contribution >= 4 is 5.91 Å². The van der Waals surface area contributed by atoms with Crippen molar-refractivity contribution in [1.29, 1.82) is 0 Å². The lowest BCUT2D eigenvalue weighted by Gasteiger charge is -2.33. The summed E-state index contributed by atoms with van der Waals surface area (Å²) in [5, 5.41) is 11.0. The molecule has 6 nitrogen and oxygen atoms in total. The van der Waals surface area contributed by atoms with E-state index in [0.29, 0.717) is 6.04 Å². The minimum Gasteiger partial charge on any atom is -0.341 e. The lowest BCUT2D eigenvalue weighted by Crippen LogP contribution is -2.52. The van der Waals surface area contributed by atoms with Gasteiger partial charge in [0.1, 0.15) is 0 Å². The molecule has 1 amide bonds. The molecule has 0 radical (unpaired) electrons. The van der Waals surface area contributed by atoms with Crippen LogP contribution < -0.4 is 5.32 Å². The third kappa shape index (κ3) is 4.02. The summed E-state index contributed by atoms with van der Waals surface area (Å²) in [6.45, 7) is 6.65. The van der Waals surface area contributed by atoms with E-state index in [2.05, 4.69) is 29.5 Å². The molecule has 1 fully saturated rings. The van der Waals surface area contributed by atoms with Gasteiger partial charge in [-0.05, 0) is 19.3 Å². The molecule has 1 atom stereocenters. The maximum absolute atomic E-state index is 12.3. The molecular formula is C13H23N5O. The Morgan fingerprint density at radius 2 is 2.32 bits per heavy atom. The Morgan fingerprint density at radius 1 is 1.47 bits per heavy atom. The Kier molecular flexibility index (Phi) is 4.90. The predicted molar refractivity (Wildman–Crippen MR) is 72.5 cm³/mol. The summed E-state index contributed by atoms with van der Waals surface area (Å²) in [5.74, 6) is 0.249. The average molecular weight is 265 g/mol. The van der Waals surface area contributed by atoms with Gasteiger partial charge in [0, 0.05) is 31.9 Å². The molecule has 0 saturated carbocycles. The number of likely N-dealkylation sites (tertiary alicyclic amines) is 1. The second-order valence-corrected chi connectivity index (χ2v) is 5.36. The molecule has 6 heteroatoms. The number of nitrogens with zero attached hydrogens (tertiary/aromatic N) is 4. The molecule has 1 unspecified atom stereocenters. The van der Waals surface area contributed by atoms with Crippen LogP contribution >= 0.6 is 0 Å². The summed E-state index contributed by atoms with van der Waals surface area (Å²) in [6.07, 6.45) is 6.48. The zero-order chi connectivity index (χ0) is 13.7. The summed E-state index contributed by atoms with van der Waals surface area (Å²) >= 11 is 0. The largest absolute Gasteiger partial charge is 0.341 e. The summed E-state index contributed by atoms with van der Waals surface area (Å²) in [6, 6.07) is 0.351. The fraction of sp³-hybridized carbons (Fsp3) is 0.769. The van der Waals surface area contributed by atoms with Crippen LogP contribution in [0.25, 0.3) is 0 Å². The van der Waals surface area contributed by atoms with E-state index in [1.54, 1.807) is 10.9 Å². The van der Waals surface area contributed by atoms with Gasteiger partial charge in [-0.2, -0.15) is 0 Å². The van der Waals surface area contributed by atoms with Crippen molar-refractivity contribution in [2.75, 3.05) is 13.1 Å². The van der Waals surface area contributed by atoms with Crippen molar-refractivity contribution in [3.8, 4) is 0 Å². The summed E-state index contributed by atoms with van der Waals surface area (Å²) < 4.78 is 1.80. The number of amides is 1. The molecule has 1 aliphatic rings. The van der Waals surface area contributed by atoms with Crippen LogP contribution in [-0.4, -0.2) is 51.0 Å². The lowest BCUT2D eigenvalue weighted by atomic mass is 10.0. The van der Waals surface area contributed by atoms with Gasteiger partial charge in [0.15, 0.2) is 0 Å². The first-order valence-corrected chi connectivity index (χ1v) is 7.06. The zero-order valence-corrected chi connectivity index (χ0v) is 11.7. The Hall–Kier alpha value is -1.43. The van der Waals surface area contributed by atoms with Crippen LogP contribution in [0.2, 0.25) is 0 Å². The Morgan fingerprint density at radius 3 is 3.00 bits per heavy atom. The van der Waals surface area contributed by atoms with Gasteiger partial charge in [0.25, 0.3) is 0 Å². The number of carbonyl (C=O) groups excluding carboxylic acids is 1. The fourth-order valence-electron chi connectivity index (χ4n) is 2.49. The summed E-state index contributed by atoms with van der Waals surface area (Å²) in [5.41, 5.74) is 0. The summed E-state index contributed by atoms with van der Waals surface area (Å²) in [7, 11) is 0. The standard InChI is InChI=1S/C13H23N5O/c1-11(2)15-12-5-3-7-17(13(12)19)8-4-9-18-10-6-14-16-18/h6,10-12,15H,3-5,7-9H2,1-2H3. The highest BCUT2D eigenvalue weighted by Crippen LogP contribution is 2.13. The minimum atomic E-state index is 0.000111. The van der Waals surface area contributed by atoms with Gasteiger partial charge < -0.3 is 10.2 Å². The van der Waals surface area contributed by atoms with Crippen LogP contribution in [0.4, 0.5) is 0 Å². The van der Waals surface area contributed by atoms with Crippen molar-refractivity contribution < 1.29 is 4.79 Å². The number of hydrogen-bond donors (Lipinski definition) is 1. The molecule has 19 heavy (non-hydrogen) atoms. The highest BCUT2D eigenvalue weighted by atomic mass is 16.2. The highest BCUT2D eigenvalue weighted by molar-refractivity contribution is 5.82. The quantitative estimate of drug-likeness (QED) is 0.820.